The van der Waals surface area contributed by atoms with Gasteiger partial charge in [0, 0.05) is 12.2 Å². The average molecular weight is 450 g/mol. The van der Waals surface area contributed by atoms with Gasteiger partial charge in [0.1, 0.15) is 11.6 Å². The number of benzene rings is 2. The van der Waals surface area contributed by atoms with Gasteiger partial charge in [-0.2, -0.15) is 0 Å². The molecule has 0 fully saturated rings. The van der Waals surface area contributed by atoms with Gasteiger partial charge in [-0.05, 0) is 64.3 Å². The molecule has 2 atom stereocenters. The second kappa shape index (κ2) is 9.17. The fourth-order valence-electron chi connectivity index (χ4n) is 4.38. The van der Waals surface area contributed by atoms with Gasteiger partial charge in [-0.25, -0.2) is 0 Å². The minimum atomic E-state index is -1.17. The molecular weight excluding hydrogens is 418 g/mol. The van der Waals surface area contributed by atoms with Gasteiger partial charge in [0.15, 0.2) is 0 Å². The zero-order valence-corrected chi connectivity index (χ0v) is 20.1. The molecule has 0 saturated carbocycles. The van der Waals surface area contributed by atoms with E-state index in [1.165, 1.54) is 11.8 Å². The second-order valence-electron chi connectivity index (χ2n) is 8.63. The number of likely N-dealkylation sites (N-methyl/N-ethyl adjacent to an activating group) is 1. The number of para-hydroxylation sites is 1. The third-order valence-electron chi connectivity index (χ3n) is 6.65. The van der Waals surface area contributed by atoms with E-state index < -0.39 is 29.3 Å². The molecule has 0 saturated heterocycles. The monoisotopic (exact) mass is 449 g/mol. The van der Waals surface area contributed by atoms with Crippen molar-refractivity contribution in [3.63, 3.8) is 0 Å². The molecule has 0 radical (unpaired) electrons. The highest BCUT2D eigenvalue weighted by atomic mass is 16.2. The van der Waals surface area contributed by atoms with E-state index in [9.17, 15) is 19.2 Å². The highest BCUT2D eigenvalue weighted by molar-refractivity contribution is 6.22. The van der Waals surface area contributed by atoms with E-state index >= 15 is 0 Å². The number of imide groups is 1. The van der Waals surface area contributed by atoms with Crippen LogP contribution in [0.5, 0.6) is 0 Å². The number of nitrogens with one attached hydrogen (secondary N) is 1. The molecule has 0 spiro atoms. The normalized spacial score (nSPS) is 15.6. The van der Waals surface area contributed by atoms with Crippen molar-refractivity contribution in [1.29, 1.82) is 0 Å². The number of aryl methyl sites for hydroxylation is 2. The molecule has 33 heavy (non-hydrogen) atoms. The largest absolute Gasteiger partial charge is 0.327 e. The fraction of sp³-hybridized carbons (Fsp3) is 0.385. The SMILES string of the molecule is CCN(C(=O)C(C)N1C(=O)c2ccccc2C1=O)C(C)(CC)C(=O)Nc1c(C)cccc1C. The van der Waals surface area contributed by atoms with Crippen LogP contribution in [0.15, 0.2) is 42.5 Å². The van der Waals surface area contributed by atoms with E-state index in [0.717, 1.165) is 21.7 Å². The first-order chi connectivity index (χ1) is 15.6. The number of carbonyl (C=O) groups excluding carboxylic acids is 4. The highest BCUT2D eigenvalue weighted by Crippen LogP contribution is 2.29. The first-order valence-electron chi connectivity index (χ1n) is 11.2. The van der Waals surface area contributed by atoms with E-state index in [1.807, 2.05) is 39.0 Å². The molecule has 1 heterocycles. The summed E-state index contributed by atoms with van der Waals surface area (Å²) in [6.45, 7) is 11.0. The lowest BCUT2D eigenvalue weighted by molar-refractivity contribution is -0.147. The molecule has 1 aliphatic rings. The minimum absolute atomic E-state index is 0.247. The third kappa shape index (κ3) is 4.03. The molecular formula is C26H31N3O4. The molecule has 2 aromatic carbocycles. The Kier molecular flexibility index (Phi) is 6.72. The quantitative estimate of drug-likeness (QED) is 0.649. The zero-order valence-electron chi connectivity index (χ0n) is 20.1. The van der Waals surface area contributed by atoms with Gasteiger partial charge in [0.25, 0.3) is 11.8 Å². The van der Waals surface area contributed by atoms with Gasteiger partial charge in [-0.15, -0.1) is 0 Å². The van der Waals surface area contributed by atoms with E-state index in [0.29, 0.717) is 6.42 Å². The molecule has 2 unspecified atom stereocenters. The van der Waals surface area contributed by atoms with Crippen LogP contribution in [0.25, 0.3) is 0 Å². The van der Waals surface area contributed by atoms with E-state index in [-0.39, 0.29) is 23.6 Å². The Morgan fingerprint density at radius 2 is 1.48 bits per heavy atom. The maximum absolute atomic E-state index is 13.6. The number of carbonyl (C=O) groups is 4. The van der Waals surface area contributed by atoms with Crippen LogP contribution in [0.1, 0.15) is 66.0 Å². The molecule has 174 valence electrons. The van der Waals surface area contributed by atoms with Gasteiger partial charge in [0.2, 0.25) is 11.8 Å². The number of amides is 4. The molecule has 2 aromatic rings. The summed E-state index contributed by atoms with van der Waals surface area (Å²) in [5, 5.41) is 3.00. The van der Waals surface area contributed by atoms with Crippen LogP contribution < -0.4 is 5.32 Å². The summed E-state index contributed by atoms with van der Waals surface area (Å²) in [7, 11) is 0. The summed E-state index contributed by atoms with van der Waals surface area (Å²) < 4.78 is 0. The van der Waals surface area contributed by atoms with Crippen LogP contribution in [0.2, 0.25) is 0 Å². The lowest BCUT2D eigenvalue weighted by Gasteiger charge is -2.41. The van der Waals surface area contributed by atoms with Crippen molar-refractivity contribution < 1.29 is 19.2 Å². The number of anilines is 1. The van der Waals surface area contributed by atoms with Crippen LogP contribution in [0.4, 0.5) is 5.69 Å². The maximum Gasteiger partial charge on any atom is 0.262 e. The number of fused-ring (bicyclic) bond motifs is 1. The minimum Gasteiger partial charge on any atom is -0.327 e. The van der Waals surface area contributed by atoms with Crippen LogP contribution in [0, 0.1) is 13.8 Å². The van der Waals surface area contributed by atoms with E-state index in [2.05, 4.69) is 5.32 Å². The van der Waals surface area contributed by atoms with Crippen molar-refractivity contribution in [1.82, 2.24) is 9.80 Å². The first-order valence-corrected chi connectivity index (χ1v) is 11.2. The van der Waals surface area contributed by atoms with Gasteiger partial charge in [-0.1, -0.05) is 37.3 Å². The molecule has 0 aromatic heterocycles. The van der Waals surface area contributed by atoms with Crippen molar-refractivity contribution in [3.05, 3.63) is 64.7 Å². The van der Waals surface area contributed by atoms with Crippen LogP contribution >= 0.6 is 0 Å². The Balaban J connectivity index is 1.89. The molecule has 7 nitrogen and oxygen atoms in total. The van der Waals surface area contributed by atoms with Crippen molar-refractivity contribution in [3.8, 4) is 0 Å². The van der Waals surface area contributed by atoms with Gasteiger partial charge in [0.05, 0.1) is 11.1 Å². The van der Waals surface area contributed by atoms with Crippen molar-refractivity contribution >= 4 is 29.3 Å². The predicted molar refractivity (Wildman–Crippen MR) is 127 cm³/mol. The molecule has 0 aliphatic carbocycles. The number of nitrogens with zero attached hydrogens (tertiary/aromatic N) is 2. The predicted octanol–water partition coefficient (Wildman–Crippen LogP) is 3.94. The van der Waals surface area contributed by atoms with Crippen LogP contribution in [0.3, 0.4) is 0 Å². The standard InChI is InChI=1S/C26H31N3O4/c1-7-26(6,25(33)27-21-16(3)12-11-13-17(21)4)28(8-2)22(30)18(5)29-23(31)19-14-9-10-15-20(19)24(29)32/h9-15,18H,7-8H2,1-6H3,(H,27,33). The van der Waals surface area contributed by atoms with Gasteiger partial charge in [-0.3, -0.25) is 24.1 Å². The Bertz CT molecular complexity index is 1070. The maximum atomic E-state index is 13.6. The summed E-state index contributed by atoms with van der Waals surface area (Å²) >= 11 is 0. The molecule has 1 N–H and O–H groups in total. The summed E-state index contributed by atoms with van der Waals surface area (Å²) in [6.07, 6.45) is 0.359. The third-order valence-corrected chi connectivity index (χ3v) is 6.65. The topological polar surface area (TPSA) is 86.8 Å². The molecule has 7 heteroatoms. The fourth-order valence-corrected chi connectivity index (χ4v) is 4.38. The Morgan fingerprint density at radius 3 is 1.94 bits per heavy atom. The van der Waals surface area contributed by atoms with Crippen molar-refractivity contribution in [2.75, 3.05) is 11.9 Å². The Morgan fingerprint density at radius 1 is 0.970 bits per heavy atom. The van der Waals surface area contributed by atoms with Crippen molar-refractivity contribution in [2.45, 2.75) is 59.5 Å². The first kappa shape index (κ1) is 24.2. The van der Waals surface area contributed by atoms with Gasteiger partial charge >= 0.3 is 0 Å². The lowest BCUT2D eigenvalue weighted by Crippen LogP contribution is -2.61. The summed E-state index contributed by atoms with van der Waals surface area (Å²) in [6, 6.07) is 11.2. The molecule has 3 rings (SSSR count). The summed E-state index contributed by atoms with van der Waals surface area (Å²) in [5.41, 5.74) is 1.98. The van der Waals surface area contributed by atoms with Crippen molar-refractivity contribution in [2.24, 2.45) is 0 Å². The zero-order chi connectivity index (χ0) is 24.5. The summed E-state index contributed by atoms with van der Waals surface area (Å²) in [5.74, 6) is -1.75. The Labute approximate surface area is 194 Å². The molecule has 0 bridgehead atoms. The molecule has 1 aliphatic heterocycles. The number of hydrogen-bond acceptors (Lipinski definition) is 4. The Hall–Kier alpha value is -3.48. The second-order valence-corrected chi connectivity index (χ2v) is 8.63. The van der Waals surface area contributed by atoms with Gasteiger partial charge < -0.3 is 10.2 Å². The summed E-state index contributed by atoms with van der Waals surface area (Å²) in [4.78, 5) is 55.3. The van der Waals surface area contributed by atoms with E-state index in [1.54, 1.807) is 38.1 Å². The average Bonchev–Trinajstić information content (AvgIpc) is 3.06. The number of rotatable bonds is 7. The van der Waals surface area contributed by atoms with Crippen LogP contribution in [-0.4, -0.2) is 51.6 Å². The highest BCUT2D eigenvalue weighted by Gasteiger charge is 2.46. The smallest absolute Gasteiger partial charge is 0.262 e. The molecule has 4 amide bonds. The number of hydrogen-bond donors (Lipinski definition) is 1. The lowest BCUT2D eigenvalue weighted by atomic mass is 9.93. The van der Waals surface area contributed by atoms with Crippen LogP contribution in [-0.2, 0) is 9.59 Å². The van der Waals surface area contributed by atoms with E-state index in [4.69, 9.17) is 0 Å².